The maximum Gasteiger partial charge on any atom is 0.165 e. The first-order valence-electron chi connectivity index (χ1n) is 6.11. The molecule has 2 N–H and O–H groups in total. The molecule has 0 aliphatic rings. The van der Waals surface area contributed by atoms with E-state index in [1.165, 1.54) is 12.1 Å². The molecule has 0 radical (unpaired) electrons. The molecule has 0 bridgehead atoms. The fourth-order valence-corrected chi connectivity index (χ4v) is 1.74. The van der Waals surface area contributed by atoms with Gasteiger partial charge in [-0.3, -0.25) is 0 Å². The van der Waals surface area contributed by atoms with Crippen molar-refractivity contribution in [2.24, 2.45) is 0 Å². The van der Waals surface area contributed by atoms with Crippen molar-refractivity contribution in [3.63, 3.8) is 0 Å². The molecule has 0 aliphatic carbocycles. The van der Waals surface area contributed by atoms with Crippen LogP contribution in [0.5, 0.6) is 5.75 Å². The number of anilines is 2. The third kappa shape index (κ3) is 2.99. The summed E-state index contributed by atoms with van der Waals surface area (Å²) >= 11 is 0. The minimum absolute atomic E-state index is 0.0787. The number of ether oxygens (including phenoxy) is 1. The molecular weight excluding hydrogens is 262 g/mol. The van der Waals surface area contributed by atoms with Gasteiger partial charge in [0.25, 0.3) is 0 Å². The lowest BCUT2D eigenvalue weighted by molar-refractivity contribution is 0.299. The zero-order valence-electron chi connectivity index (χ0n) is 11.4. The number of hydrogen-bond donors (Lipinski definition) is 1. The summed E-state index contributed by atoms with van der Waals surface area (Å²) in [6, 6.07) is 9.31. The molecule has 0 saturated carbocycles. The lowest BCUT2D eigenvalue weighted by Crippen LogP contribution is -2.09. The molecule has 0 amide bonds. The van der Waals surface area contributed by atoms with E-state index in [0.717, 1.165) is 11.8 Å². The molecule has 2 aromatic rings. The van der Waals surface area contributed by atoms with E-state index < -0.39 is 11.6 Å². The quantitative estimate of drug-likeness (QED) is 0.873. The molecule has 0 heterocycles. The topological polar surface area (TPSA) is 38.5 Å². The average molecular weight is 278 g/mol. The highest BCUT2D eigenvalue weighted by Crippen LogP contribution is 2.28. The minimum Gasteiger partial charge on any atom is -0.487 e. The highest BCUT2D eigenvalue weighted by Gasteiger charge is 2.09. The average Bonchev–Trinajstić information content (AvgIpc) is 2.41. The van der Waals surface area contributed by atoms with E-state index in [1.807, 2.05) is 25.1 Å². The van der Waals surface area contributed by atoms with Gasteiger partial charge in [0.1, 0.15) is 12.4 Å². The van der Waals surface area contributed by atoms with Crippen LogP contribution in [0.3, 0.4) is 0 Å². The van der Waals surface area contributed by atoms with E-state index in [2.05, 4.69) is 0 Å². The lowest BCUT2D eigenvalue weighted by atomic mass is 10.2. The van der Waals surface area contributed by atoms with Gasteiger partial charge >= 0.3 is 0 Å². The molecule has 20 heavy (non-hydrogen) atoms. The van der Waals surface area contributed by atoms with Crippen molar-refractivity contribution in [3.05, 3.63) is 53.6 Å². The predicted molar refractivity (Wildman–Crippen MR) is 75.9 cm³/mol. The molecule has 106 valence electrons. The molecular formula is C15H16F2N2O. The predicted octanol–water partition coefficient (Wildman–Crippen LogP) is 3.19. The van der Waals surface area contributed by atoms with Gasteiger partial charge in [-0.25, -0.2) is 8.78 Å². The highest BCUT2D eigenvalue weighted by molar-refractivity contribution is 5.61. The number of nitrogens with two attached hydrogens (primary N) is 1. The first-order valence-corrected chi connectivity index (χ1v) is 6.11. The summed E-state index contributed by atoms with van der Waals surface area (Å²) in [6.07, 6.45) is 0. The Hall–Kier alpha value is -2.30. The molecule has 0 unspecified atom stereocenters. The summed E-state index contributed by atoms with van der Waals surface area (Å²) in [4.78, 5) is 1.90. The van der Waals surface area contributed by atoms with Crippen molar-refractivity contribution in [3.8, 4) is 5.75 Å². The Kier molecular flexibility index (Phi) is 4.08. The number of nitrogen functional groups attached to an aromatic ring is 1. The minimum atomic E-state index is -0.894. The normalized spacial score (nSPS) is 10.4. The summed E-state index contributed by atoms with van der Waals surface area (Å²) in [5.74, 6) is -1.34. The van der Waals surface area contributed by atoms with Crippen LogP contribution >= 0.6 is 0 Å². The third-order valence-corrected chi connectivity index (χ3v) is 2.93. The zero-order valence-corrected chi connectivity index (χ0v) is 11.4. The van der Waals surface area contributed by atoms with Crippen molar-refractivity contribution < 1.29 is 13.5 Å². The number of nitrogens with zero attached hydrogens (tertiary/aromatic N) is 1. The smallest absolute Gasteiger partial charge is 0.165 e. The number of rotatable bonds is 4. The number of halogens is 2. The monoisotopic (exact) mass is 278 g/mol. The van der Waals surface area contributed by atoms with Gasteiger partial charge in [-0.1, -0.05) is 12.1 Å². The summed E-state index contributed by atoms with van der Waals surface area (Å²) in [5, 5.41) is 0. The molecule has 3 nitrogen and oxygen atoms in total. The molecule has 0 saturated heterocycles. The lowest BCUT2D eigenvalue weighted by Gasteiger charge is -2.16. The number of hydrogen-bond acceptors (Lipinski definition) is 3. The third-order valence-electron chi connectivity index (χ3n) is 2.93. The maximum absolute atomic E-state index is 13.5. The summed E-state index contributed by atoms with van der Waals surface area (Å²) in [6.45, 7) is -0.0787. The molecule has 0 fully saturated rings. The van der Waals surface area contributed by atoms with Gasteiger partial charge in [0.05, 0.1) is 5.69 Å². The van der Waals surface area contributed by atoms with E-state index in [4.69, 9.17) is 10.5 Å². The van der Waals surface area contributed by atoms with Crippen LogP contribution in [-0.2, 0) is 6.61 Å². The zero-order chi connectivity index (χ0) is 14.7. The van der Waals surface area contributed by atoms with Crippen LogP contribution < -0.4 is 15.4 Å². The maximum atomic E-state index is 13.5. The molecule has 2 rings (SSSR count). The fraction of sp³-hybridized carbons (Fsp3) is 0.200. The Balaban J connectivity index is 2.18. The number of benzene rings is 2. The molecule has 0 atom stereocenters. The second kappa shape index (κ2) is 5.77. The SMILES string of the molecule is CN(C)c1ccc(N)c(OCc2cccc(F)c2F)c1. The van der Waals surface area contributed by atoms with Crippen molar-refractivity contribution in [2.45, 2.75) is 6.61 Å². The molecule has 0 spiro atoms. The van der Waals surface area contributed by atoms with Crippen molar-refractivity contribution in [2.75, 3.05) is 24.7 Å². The molecule has 0 aromatic heterocycles. The fourth-order valence-electron chi connectivity index (χ4n) is 1.74. The van der Waals surface area contributed by atoms with Gasteiger partial charge in [0.2, 0.25) is 0 Å². The van der Waals surface area contributed by atoms with Gasteiger partial charge in [-0.2, -0.15) is 0 Å². The van der Waals surface area contributed by atoms with Gasteiger partial charge < -0.3 is 15.4 Å². The van der Waals surface area contributed by atoms with E-state index in [-0.39, 0.29) is 12.2 Å². The highest BCUT2D eigenvalue weighted by atomic mass is 19.2. The standard InChI is InChI=1S/C15H16F2N2O/c1-19(2)11-6-7-13(18)14(8-11)20-9-10-4-3-5-12(16)15(10)17/h3-8H,9,18H2,1-2H3. The van der Waals surface area contributed by atoms with Gasteiger partial charge in [-0.15, -0.1) is 0 Å². The van der Waals surface area contributed by atoms with Crippen molar-refractivity contribution >= 4 is 11.4 Å². The van der Waals surface area contributed by atoms with Crippen LogP contribution in [0.4, 0.5) is 20.2 Å². The Bertz CT molecular complexity index is 615. The van der Waals surface area contributed by atoms with E-state index in [9.17, 15) is 8.78 Å². The van der Waals surface area contributed by atoms with Gasteiger partial charge in [0, 0.05) is 31.4 Å². The second-order valence-electron chi connectivity index (χ2n) is 4.62. The Morgan fingerprint density at radius 3 is 2.60 bits per heavy atom. The second-order valence-corrected chi connectivity index (χ2v) is 4.62. The van der Waals surface area contributed by atoms with E-state index >= 15 is 0 Å². The first-order chi connectivity index (χ1) is 9.49. The van der Waals surface area contributed by atoms with Gasteiger partial charge in [0.15, 0.2) is 11.6 Å². The van der Waals surface area contributed by atoms with Crippen molar-refractivity contribution in [1.29, 1.82) is 0 Å². The Morgan fingerprint density at radius 2 is 1.90 bits per heavy atom. The van der Waals surface area contributed by atoms with Crippen LogP contribution in [0.2, 0.25) is 0 Å². The largest absolute Gasteiger partial charge is 0.487 e. The van der Waals surface area contributed by atoms with Crippen LogP contribution in [0.1, 0.15) is 5.56 Å². The van der Waals surface area contributed by atoms with Gasteiger partial charge in [-0.05, 0) is 18.2 Å². The summed E-state index contributed by atoms with van der Waals surface area (Å²) in [5.41, 5.74) is 7.33. The van der Waals surface area contributed by atoms with Crippen LogP contribution in [0.25, 0.3) is 0 Å². The van der Waals surface area contributed by atoms with E-state index in [0.29, 0.717) is 11.4 Å². The molecule has 0 aliphatic heterocycles. The first kappa shape index (κ1) is 14.1. The molecule has 5 heteroatoms. The Morgan fingerprint density at radius 1 is 1.15 bits per heavy atom. The summed E-state index contributed by atoms with van der Waals surface area (Å²) < 4.78 is 32.1. The van der Waals surface area contributed by atoms with Crippen LogP contribution in [0.15, 0.2) is 36.4 Å². The summed E-state index contributed by atoms with van der Waals surface area (Å²) in [7, 11) is 3.78. The molecule has 2 aromatic carbocycles. The van der Waals surface area contributed by atoms with E-state index in [1.54, 1.807) is 12.1 Å². The van der Waals surface area contributed by atoms with Crippen LogP contribution in [-0.4, -0.2) is 14.1 Å². The van der Waals surface area contributed by atoms with Crippen LogP contribution in [0, 0.1) is 11.6 Å². The van der Waals surface area contributed by atoms with Crippen molar-refractivity contribution in [1.82, 2.24) is 0 Å². The Labute approximate surface area is 116 Å².